The van der Waals surface area contributed by atoms with E-state index < -0.39 is 0 Å². The summed E-state index contributed by atoms with van der Waals surface area (Å²) in [5.41, 5.74) is 2.86. The van der Waals surface area contributed by atoms with Crippen molar-refractivity contribution in [1.29, 1.82) is 0 Å². The van der Waals surface area contributed by atoms with Gasteiger partial charge in [-0.05, 0) is 43.0 Å². The topological polar surface area (TPSA) is 62.4 Å². The predicted octanol–water partition coefficient (Wildman–Crippen LogP) is 4.23. The van der Waals surface area contributed by atoms with Crippen molar-refractivity contribution in [2.24, 2.45) is 5.92 Å². The Morgan fingerprint density at radius 3 is 2.79 bits per heavy atom. The number of ether oxygens (including phenoxy) is 1. The van der Waals surface area contributed by atoms with Crippen LogP contribution in [-0.4, -0.2) is 41.8 Å². The summed E-state index contributed by atoms with van der Waals surface area (Å²) >= 11 is 0. The van der Waals surface area contributed by atoms with Crippen LogP contribution in [0.25, 0.3) is 10.9 Å². The minimum atomic E-state index is -0.169. The first-order valence-corrected chi connectivity index (χ1v) is 10.2. The van der Waals surface area contributed by atoms with E-state index in [1.807, 2.05) is 41.4 Å². The molecule has 2 heterocycles. The monoisotopic (exact) mass is 390 g/mol. The molecular formula is C24H26N2O3. The lowest BCUT2D eigenvalue weighted by Crippen LogP contribution is -2.42. The lowest BCUT2D eigenvalue weighted by atomic mass is 9.89. The maximum absolute atomic E-state index is 13.0. The van der Waals surface area contributed by atoms with Crippen LogP contribution in [0.5, 0.6) is 5.75 Å². The van der Waals surface area contributed by atoms with Gasteiger partial charge in [0.25, 0.3) is 0 Å². The number of ketones is 1. The van der Waals surface area contributed by atoms with E-state index in [-0.39, 0.29) is 17.6 Å². The van der Waals surface area contributed by atoms with Crippen LogP contribution in [-0.2, 0) is 11.2 Å². The number of Topliss-reactive ketones (excluding diaryl/α,β-unsaturated/α-hetero) is 1. The van der Waals surface area contributed by atoms with E-state index in [2.05, 4.69) is 11.1 Å². The summed E-state index contributed by atoms with van der Waals surface area (Å²) in [6.45, 7) is 1.21. The fraction of sp³-hybridized carbons (Fsp3) is 0.333. The lowest BCUT2D eigenvalue weighted by molar-refractivity contribution is -0.132. The van der Waals surface area contributed by atoms with E-state index in [9.17, 15) is 9.59 Å². The number of piperidine rings is 1. The highest BCUT2D eigenvalue weighted by atomic mass is 16.5. The first-order chi connectivity index (χ1) is 14.2. The number of hydrogen-bond donors (Lipinski definition) is 1. The average molecular weight is 390 g/mol. The van der Waals surface area contributed by atoms with Crippen LogP contribution in [0.4, 0.5) is 0 Å². The van der Waals surface area contributed by atoms with Gasteiger partial charge in [0.05, 0.1) is 12.7 Å². The van der Waals surface area contributed by atoms with Crippen LogP contribution >= 0.6 is 0 Å². The minimum absolute atomic E-state index is 0.0663. The highest BCUT2D eigenvalue weighted by Crippen LogP contribution is 2.27. The number of H-pyrrole nitrogens is 1. The van der Waals surface area contributed by atoms with E-state index in [1.165, 1.54) is 5.39 Å². The molecule has 0 saturated carbocycles. The number of hydrogen-bond acceptors (Lipinski definition) is 3. The maximum atomic E-state index is 13.0. The predicted molar refractivity (Wildman–Crippen MR) is 113 cm³/mol. The zero-order chi connectivity index (χ0) is 20.2. The molecule has 4 rings (SSSR count). The largest absolute Gasteiger partial charge is 0.496 e. The van der Waals surface area contributed by atoms with Crippen LogP contribution in [0.2, 0.25) is 0 Å². The standard InChI is InChI=1S/C24H26N2O3/c1-29-22-11-5-3-9-20(22)24(28)18-7-6-14-26(16-18)23(27)13-12-17-15-25-21-10-4-2-8-19(17)21/h2-5,8-11,15,18,25H,6-7,12-14,16H2,1H3/t18-/m1/s1. The van der Waals surface area contributed by atoms with Crippen molar-refractivity contribution in [1.82, 2.24) is 9.88 Å². The number of para-hydroxylation sites is 2. The van der Waals surface area contributed by atoms with Gasteiger partial charge in [-0.2, -0.15) is 0 Å². The molecule has 1 N–H and O–H groups in total. The van der Waals surface area contributed by atoms with Crippen LogP contribution in [0.1, 0.15) is 35.2 Å². The number of nitrogens with one attached hydrogen (secondary N) is 1. The van der Waals surface area contributed by atoms with Crippen LogP contribution in [0.15, 0.2) is 54.7 Å². The number of nitrogens with zero attached hydrogens (tertiary/aromatic N) is 1. The quantitative estimate of drug-likeness (QED) is 0.641. The second-order valence-electron chi connectivity index (χ2n) is 7.60. The van der Waals surface area contributed by atoms with Crippen molar-refractivity contribution in [3.63, 3.8) is 0 Å². The maximum Gasteiger partial charge on any atom is 0.222 e. The van der Waals surface area contributed by atoms with E-state index in [4.69, 9.17) is 4.74 Å². The molecule has 0 aliphatic carbocycles. The Bertz CT molecular complexity index is 1020. The molecule has 5 nitrogen and oxygen atoms in total. The molecule has 2 aromatic carbocycles. The van der Waals surface area contributed by atoms with Crippen LogP contribution in [0.3, 0.4) is 0 Å². The molecule has 1 fully saturated rings. The highest BCUT2D eigenvalue weighted by molar-refractivity contribution is 6.00. The van der Waals surface area contributed by atoms with Crippen molar-refractivity contribution in [3.8, 4) is 5.75 Å². The number of rotatable bonds is 6. The molecule has 0 bridgehead atoms. The fourth-order valence-corrected chi connectivity index (χ4v) is 4.22. The highest BCUT2D eigenvalue weighted by Gasteiger charge is 2.30. The second-order valence-corrected chi connectivity index (χ2v) is 7.60. The molecular weight excluding hydrogens is 364 g/mol. The van der Waals surface area contributed by atoms with E-state index in [0.717, 1.165) is 30.5 Å². The van der Waals surface area contributed by atoms with E-state index in [1.54, 1.807) is 19.2 Å². The lowest BCUT2D eigenvalue weighted by Gasteiger charge is -2.32. The van der Waals surface area contributed by atoms with E-state index in [0.29, 0.717) is 30.7 Å². The third-order valence-electron chi connectivity index (χ3n) is 5.80. The van der Waals surface area contributed by atoms with Gasteiger partial charge in [-0.3, -0.25) is 9.59 Å². The fourth-order valence-electron chi connectivity index (χ4n) is 4.22. The van der Waals surface area contributed by atoms with Crippen LogP contribution < -0.4 is 4.74 Å². The van der Waals surface area contributed by atoms with Crippen molar-refractivity contribution < 1.29 is 14.3 Å². The van der Waals surface area contributed by atoms with Crippen molar-refractivity contribution in [3.05, 3.63) is 65.9 Å². The number of carbonyl (C=O) groups is 2. The summed E-state index contributed by atoms with van der Waals surface area (Å²) in [7, 11) is 1.58. The molecule has 3 aromatic rings. The van der Waals surface area contributed by atoms with Crippen LogP contribution in [0, 0.1) is 5.92 Å². The third kappa shape index (κ3) is 4.04. The Morgan fingerprint density at radius 2 is 1.93 bits per heavy atom. The molecule has 0 spiro atoms. The Labute approximate surface area is 170 Å². The SMILES string of the molecule is COc1ccccc1C(=O)[C@@H]1CCCN(C(=O)CCc2c[nH]c3ccccc23)C1. The minimum Gasteiger partial charge on any atom is -0.496 e. The van der Waals surface area contributed by atoms with Gasteiger partial charge in [-0.25, -0.2) is 0 Å². The van der Waals surface area contributed by atoms with Gasteiger partial charge < -0.3 is 14.6 Å². The molecule has 150 valence electrons. The zero-order valence-electron chi connectivity index (χ0n) is 16.7. The van der Waals surface area contributed by atoms with Gasteiger partial charge >= 0.3 is 0 Å². The molecule has 0 unspecified atom stereocenters. The second kappa shape index (κ2) is 8.52. The molecule has 1 aliphatic heterocycles. The summed E-state index contributed by atoms with van der Waals surface area (Å²) in [5.74, 6) is 0.613. The van der Waals surface area contributed by atoms with Gasteiger partial charge in [0.2, 0.25) is 5.91 Å². The van der Waals surface area contributed by atoms with Gasteiger partial charge in [0, 0.05) is 42.5 Å². The molecule has 29 heavy (non-hydrogen) atoms. The summed E-state index contributed by atoms with van der Waals surface area (Å²) < 4.78 is 5.34. The summed E-state index contributed by atoms with van der Waals surface area (Å²) in [6, 6.07) is 15.5. The average Bonchev–Trinajstić information content (AvgIpc) is 3.20. The van der Waals surface area contributed by atoms with Crippen molar-refractivity contribution in [2.75, 3.05) is 20.2 Å². The zero-order valence-corrected chi connectivity index (χ0v) is 16.7. The molecule has 1 saturated heterocycles. The van der Waals surface area contributed by atoms with Gasteiger partial charge in [-0.15, -0.1) is 0 Å². The number of aromatic nitrogens is 1. The number of benzene rings is 2. The summed E-state index contributed by atoms with van der Waals surface area (Å²) in [4.78, 5) is 31.0. The molecule has 1 amide bonds. The number of aromatic amines is 1. The Kier molecular flexibility index (Phi) is 5.65. The van der Waals surface area contributed by atoms with E-state index >= 15 is 0 Å². The Balaban J connectivity index is 1.40. The normalized spacial score (nSPS) is 16.7. The summed E-state index contributed by atoms with van der Waals surface area (Å²) in [5, 5.41) is 1.17. The van der Waals surface area contributed by atoms with Gasteiger partial charge in [-0.1, -0.05) is 30.3 Å². The Morgan fingerprint density at radius 1 is 1.14 bits per heavy atom. The molecule has 5 heteroatoms. The number of aryl methyl sites for hydroxylation is 1. The molecule has 1 aliphatic rings. The number of fused-ring (bicyclic) bond motifs is 1. The van der Waals surface area contributed by atoms with Gasteiger partial charge in [0.15, 0.2) is 5.78 Å². The van der Waals surface area contributed by atoms with Crippen molar-refractivity contribution >= 4 is 22.6 Å². The number of carbonyl (C=O) groups excluding carboxylic acids is 2. The third-order valence-corrected chi connectivity index (χ3v) is 5.80. The first-order valence-electron chi connectivity index (χ1n) is 10.2. The number of amides is 1. The molecule has 1 atom stereocenters. The van der Waals surface area contributed by atoms with Crippen molar-refractivity contribution in [2.45, 2.75) is 25.7 Å². The first kappa shape index (κ1) is 19.2. The summed E-state index contributed by atoms with van der Waals surface area (Å²) in [6.07, 6.45) is 4.80. The smallest absolute Gasteiger partial charge is 0.222 e. The number of likely N-dealkylation sites (tertiary alicyclic amines) is 1. The van der Waals surface area contributed by atoms with Gasteiger partial charge in [0.1, 0.15) is 5.75 Å². The molecule has 1 aromatic heterocycles. The Hall–Kier alpha value is -3.08. The molecule has 0 radical (unpaired) electrons. The number of methoxy groups -OCH3 is 1.